The number of anilines is 1. The van der Waals surface area contributed by atoms with Crippen molar-refractivity contribution in [1.82, 2.24) is 24.9 Å². The van der Waals surface area contributed by atoms with Crippen molar-refractivity contribution in [2.75, 3.05) is 31.1 Å². The van der Waals surface area contributed by atoms with Gasteiger partial charge in [-0.25, -0.2) is 4.68 Å². The van der Waals surface area contributed by atoms with E-state index < -0.39 is 0 Å². The van der Waals surface area contributed by atoms with Gasteiger partial charge in [0.15, 0.2) is 11.6 Å². The molecule has 0 saturated carbocycles. The van der Waals surface area contributed by atoms with E-state index in [9.17, 15) is 4.79 Å². The first-order chi connectivity index (χ1) is 12.3. The van der Waals surface area contributed by atoms with Crippen LogP contribution < -0.4 is 4.90 Å². The van der Waals surface area contributed by atoms with Crippen LogP contribution in [0, 0.1) is 0 Å². The van der Waals surface area contributed by atoms with Crippen LogP contribution in [0.5, 0.6) is 0 Å². The van der Waals surface area contributed by atoms with Crippen LogP contribution >= 0.6 is 0 Å². The Bertz CT molecular complexity index is 824. The van der Waals surface area contributed by atoms with Crippen LogP contribution in [0.2, 0.25) is 0 Å². The Kier molecular flexibility index (Phi) is 4.12. The summed E-state index contributed by atoms with van der Waals surface area (Å²) in [4.78, 5) is 16.5. The number of carbonyl (C=O) groups excluding carboxylic acids is 1. The highest BCUT2D eigenvalue weighted by atomic mass is 16.2. The van der Waals surface area contributed by atoms with Crippen molar-refractivity contribution in [3.05, 3.63) is 66.5 Å². The molecule has 126 valence electrons. The number of benzene rings is 1. The highest BCUT2D eigenvalue weighted by molar-refractivity contribution is 5.94. The molecule has 0 unspecified atom stereocenters. The minimum absolute atomic E-state index is 0.0837. The quantitative estimate of drug-likeness (QED) is 0.728. The molecular weight excluding hydrogens is 316 g/mol. The van der Waals surface area contributed by atoms with Gasteiger partial charge in [-0.2, -0.15) is 5.10 Å². The summed E-state index contributed by atoms with van der Waals surface area (Å²) in [5.74, 6) is 1.59. The molecule has 0 bridgehead atoms. The Morgan fingerprint density at radius 1 is 0.840 bits per heavy atom. The SMILES string of the molecule is O=C(c1ccccc1)N1CCN(c2ccc(-n3cccn3)nn2)CC1. The Balaban J connectivity index is 1.39. The summed E-state index contributed by atoms with van der Waals surface area (Å²) in [5, 5.41) is 12.7. The van der Waals surface area contributed by atoms with Crippen LogP contribution in [0.1, 0.15) is 10.4 Å². The van der Waals surface area contributed by atoms with E-state index in [4.69, 9.17) is 0 Å². The average molecular weight is 334 g/mol. The minimum atomic E-state index is 0.0837. The predicted octanol–water partition coefficient (Wildman–Crippen LogP) is 1.62. The summed E-state index contributed by atoms with van der Waals surface area (Å²) < 4.78 is 1.67. The van der Waals surface area contributed by atoms with E-state index in [1.165, 1.54) is 0 Å². The standard InChI is InChI=1S/C18H18N6O/c25-18(15-5-2-1-3-6-15)23-13-11-22(12-14-23)16-7-8-17(21-20-16)24-10-4-9-19-24/h1-10H,11-14H2. The molecule has 4 rings (SSSR count). The summed E-state index contributed by atoms with van der Waals surface area (Å²) in [7, 11) is 0. The summed E-state index contributed by atoms with van der Waals surface area (Å²) >= 11 is 0. The zero-order valence-electron chi connectivity index (χ0n) is 13.7. The van der Waals surface area contributed by atoms with Gasteiger partial charge in [-0.1, -0.05) is 18.2 Å². The van der Waals surface area contributed by atoms with Gasteiger partial charge in [0, 0.05) is 44.1 Å². The maximum absolute atomic E-state index is 12.5. The van der Waals surface area contributed by atoms with Crippen LogP contribution in [-0.4, -0.2) is 57.0 Å². The lowest BCUT2D eigenvalue weighted by molar-refractivity contribution is 0.0746. The molecule has 1 aliphatic rings. The van der Waals surface area contributed by atoms with Crippen molar-refractivity contribution in [1.29, 1.82) is 0 Å². The van der Waals surface area contributed by atoms with E-state index in [0.29, 0.717) is 18.9 Å². The van der Waals surface area contributed by atoms with Gasteiger partial charge in [-0.05, 0) is 30.3 Å². The van der Waals surface area contributed by atoms with Crippen LogP contribution in [0.4, 0.5) is 5.82 Å². The first-order valence-electron chi connectivity index (χ1n) is 8.24. The molecule has 7 heteroatoms. The van der Waals surface area contributed by atoms with E-state index in [-0.39, 0.29) is 5.91 Å². The zero-order chi connectivity index (χ0) is 17.1. The molecule has 3 heterocycles. The Labute approximate surface area is 145 Å². The Morgan fingerprint density at radius 2 is 1.56 bits per heavy atom. The summed E-state index contributed by atoms with van der Waals surface area (Å²) in [6.45, 7) is 2.84. The fourth-order valence-corrected chi connectivity index (χ4v) is 2.92. The van der Waals surface area contributed by atoms with Crippen LogP contribution in [0.3, 0.4) is 0 Å². The second-order valence-electron chi connectivity index (χ2n) is 5.85. The molecule has 3 aromatic rings. The molecule has 1 aromatic carbocycles. The number of carbonyl (C=O) groups is 1. The third-order valence-corrected chi connectivity index (χ3v) is 4.29. The van der Waals surface area contributed by atoms with E-state index >= 15 is 0 Å². The van der Waals surface area contributed by atoms with Gasteiger partial charge in [0.05, 0.1) is 0 Å². The monoisotopic (exact) mass is 334 g/mol. The average Bonchev–Trinajstić information content (AvgIpc) is 3.23. The molecule has 0 spiro atoms. The second kappa shape index (κ2) is 6.72. The van der Waals surface area contributed by atoms with Gasteiger partial charge >= 0.3 is 0 Å². The minimum Gasteiger partial charge on any atom is -0.352 e. The molecule has 1 aliphatic heterocycles. The molecule has 2 aromatic heterocycles. The Hall–Kier alpha value is -3.22. The van der Waals surface area contributed by atoms with Crippen molar-refractivity contribution >= 4 is 11.7 Å². The van der Waals surface area contributed by atoms with Crippen LogP contribution in [-0.2, 0) is 0 Å². The van der Waals surface area contributed by atoms with E-state index in [1.54, 1.807) is 10.9 Å². The number of aromatic nitrogens is 4. The topological polar surface area (TPSA) is 67.2 Å². The van der Waals surface area contributed by atoms with Gasteiger partial charge in [0.2, 0.25) is 0 Å². The van der Waals surface area contributed by atoms with E-state index in [0.717, 1.165) is 24.5 Å². The number of piperazine rings is 1. The first kappa shape index (κ1) is 15.3. The zero-order valence-corrected chi connectivity index (χ0v) is 13.7. The largest absolute Gasteiger partial charge is 0.352 e. The lowest BCUT2D eigenvalue weighted by Gasteiger charge is -2.35. The number of hydrogen-bond donors (Lipinski definition) is 0. The van der Waals surface area contributed by atoms with Gasteiger partial charge in [-0.3, -0.25) is 4.79 Å². The maximum Gasteiger partial charge on any atom is 0.253 e. The number of amides is 1. The first-order valence-corrected chi connectivity index (χ1v) is 8.24. The molecule has 0 N–H and O–H groups in total. The highest BCUT2D eigenvalue weighted by Gasteiger charge is 2.22. The Morgan fingerprint density at radius 3 is 2.20 bits per heavy atom. The van der Waals surface area contributed by atoms with Crippen LogP contribution in [0.15, 0.2) is 60.9 Å². The molecule has 0 radical (unpaired) electrons. The van der Waals surface area contributed by atoms with Gasteiger partial charge < -0.3 is 9.80 Å². The van der Waals surface area contributed by atoms with E-state index in [1.807, 2.05) is 59.6 Å². The number of hydrogen-bond acceptors (Lipinski definition) is 5. The van der Waals surface area contributed by atoms with Crippen molar-refractivity contribution in [2.45, 2.75) is 0 Å². The molecule has 25 heavy (non-hydrogen) atoms. The lowest BCUT2D eigenvalue weighted by Crippen LogP contribution is -2.49. The van der Waals surface area contributed by atoms with Gasteiger partial charge in [0.1, 0.15) is 0 Å². The van der Waals surface area contributed by atoms with Crippen molar-refractivity contribution < 1.29 is 4.79 Å². The normalized spacial score (nSPS) is 14.6. The molecule has 1 fully saturated rings. The van der Waals surface area contributed by atoms with Crippen molar-refractivity contribution in [3.63, 3.8) is 0 Å². The third-order valence-electron chi connectivity index (χ3n) is 4.29. The molecule has 0 aliphatic carbocycles. The molecule has 1 amide bonds. The van der Waals surface area contributed by atoms with Crippen molar-refractivity contribution in [2.24, 2.45) is 0 Å². The summed E-state index contributed by atoms with van der Waals surface area (Å²) in [6.07, 6.45) is 3.54. The summed E-state index contributed by atoms with van der Waals surface area (Å²) in [6, 6.07) is 15.1. The number of nitrogens with zero attached hydrogens (tertiary/aromatic N) is 6. The predicted molar refractivity (Wildman–Crippen MR) is 93.7 cm³/mol. The fraction of sp³-hybridized carbons (Fsp3) is 0.222. The molecule has 7 nitrogen and oxygen atoms in total. The van der Waals surface area contributed by atoms with E-state index in [2.05, 4.69) is 20.2 Å². The maximum atomic E-state index is 12.5. The lowest BCUT2D eigenvalue weighted by atomic mass is 10.2. The van der Waals surface area contributed by atoms with Gasteiger partial charge in [0.25, 0.3) is 5.91 Å². The molecular formula is C18H18N6O. The van der Waals surface area contributed by atoms with Gasteiger partial charge in [-0.15, -0.1) is 10.2 Å². The smallest absolute Gasteiger partial charge is 0.253 e. The summed E-state index contributed by atoms with van der Waals surface area (Å²) in [5.41, 5.74) is 0.735. The fourth-order valence-electron chi connectivity index (χ4n) is 2.92. The molecule has 1 saturated heterocycles. The molecule has 0 atom stereocenters. The van der Waals surface area contributed by atoms with Crippen molar-refractivity contribution in [3.8, 4) is 5.82 Å². The second-order valence-corrected chi connectivity index (χ2v) is 5.85. The number of rotatable bonds is 3. The van der Waals surface area contributed by atoms with Crippen LogP contribution in [0.25, 0.3) is 5.82 Å². The third kappa shape index (κ3) is 3.21. The highest BCUT2D eigenvalue weighted by Crippen LogP contribution is 2.15.